The summed E-state index contributed by atoms with van der Waals surface area (Å²) >= 11 is 0. The molecule has 0 aliphatic heterocycles. The fourth-order valence-corrected chi connectivity index (χ4v) is 6.53. The van der Waals surface area contributed by atoms with Crippen LogP contribution in [0.1, 0.15) is 72.6 Å². The Kier molecular flexibility index (Phi) is 9.71. The summed E-state index contributed by atoms with van der Waals surface area (Å²) in [6.45, 7) is 8.78. The molecule has 0 N–H and O–H groups in total. The first-order valence-corrected chi connectivity index (χ1v) is 10.2. The molecule has 4 aliphatic carbocycles. The van der Waals surface area contributed by atoms with E-state index in [1.807, 2.05) is 6.92 Å². The van der Waals surface area contributed by atoms with Gasteiger partial charge in [-0.1, -0.05) is 45.3 Å². The number of hydrogen-bond donors (Lipinski definition) is 0. The molecule has 0 aromatic carbocycles. The second-order valence-corrected chi connectivity index (χ2v) is 9.44. The molecule has 0 bridgehead atoms. The third-order valence-electron chi connectivity index (χ3n) is 8.30. The van der Waals surface area contributed by atoms with Crippen LogP contribution in [-0.2, 0) is 32.7 Å². The number of allylic oxidation sites excluding steroid dienone is 6. The second-order valence-electron chi connectivity index (χ2n) is 9.44. The van der Waals surface area contributed by atoms with Crippen molar-refractivity contribution in [1.29, 1.82) is 0 Å². The molecule has 5 atom stereocenters. The van der Waals surface area contributed by atoms with E-state index in [1.165, 1.54) is 50.5 Å². The molecule has 2 fully saturated rings. The molecule has 1 nitrogen and oxygen atoms in total. The first-order valence-electron chi connectivity index (χ1n) is 10.2. The monoisotopic (exact) mass is 681 g/mol. The molecule has 2 saturated carbocycles. The van der Waals surface area contributed by atoms with Crippen LogP contribution in [0.3, 0.4) is 0 Å². The van der Waals surface area contributed by atoms with Crippen LogP contribution < -0.4 is 0 Å². The Bertz CT molecular complexity index is 697. The van der Waals surface area contributed by atoms with Crippen LogP contribution in [0.4, 0.5) is 4.70 Å². The van der Waals surface area contributed by atoms with Gasteiger partial charge in [-0.05, 0) is 47.8 Å². The standard InChI is InChI=1S/C24H32N.FH.U.Y/c1-16(17(2)25)15-19-9-11-21-20-10-8-18-7-5-6-13-23(18,3)22(20)12-14-24(19,21)4;;;/h5,8-9,20-22H,6-7,10-14H2,1-4H3;1H;;/q-3;;+2;/t20?,21?,22?,23-,24+;;;/m0.../s1. The van der Waals surface area contributed by atoms with Crippen LogP contribution in [-0.4, -0.2) is 5.71 Å². The minimum atomic E-state index is 0. The van der Waals surface area contributed by atoms with Crippen molar-refractivity contribution in [1.82, 2.24) is 0 Å². The molecule has 0 spiro atoms. The van der Waals surface area contributed by atoms with Gasteiger partial charge in [-0.3, -0.25) is 10.4 Å². The number of halogens is 1. The van der Waals surface area contributed by atoms with Crippen molar-refractivity contribution in [3.8, 4) is 0 Å². The molecule has 0 aromatic heterocycles. The van der Waals surface area contributed by atoms with Gasteiger partial charge >= 0.3 is 31.1 Å². The van der Waals surface area contributed by atoms with Crippen molar-refractivity contribution in [2.75, 3.05) is 0 Å². The van der Waals surface area contributed by atoms with E-state index in [-0.39, 0.29) is 73.9 Å². The van der Waals surface area contributed by atoms with E-state index in [0.717, 1.165) is 23.3 Å². The predicted octanol–water partition coefficient (Wildman–Crippen LogP) is 6.62. The SMILES string of the molecule is CC(=[N-])C(C)=[C-]C1=CCC2C3CC=C4C[CH-]CC[C@]4(C)C3CC[C@]12C.F.[U+2].[Y]. The Labute approximate surface area is 220 Å². The quantitative estimate of drug-likeness (QED) is 0.178. The van der Waals surface area contributed by atoms with E-state index in [1.54, 1.807) is 12.5 Å². The summed E-state index contributed by atoms with van der Waals surface area (Å²) in [6, 6.07) is 0. The van der Waals surface area contributed by atoms with Crippen LogP contribution in [0.25, 0.3) is 5.41 Å². The van der Waals surface area contributed by atoms with Gasteiger partial charge in [-0.15, -0.1) is 6.92 Å². The zero-order valence-corrected chi connectivity index (χ0v) is 24.8. The molecule has 149 valence electrons. The Morgan fingerprint density at radius 1 is 1.11 bits per heavy atom. The summed E-state index contributed by atoms with van der Waals surface area (Å²) in [4.78, 5) is 0. The van der Waals surface area contributed by atoms with E-state index < -0.39 is 0 Å². The topological polar surface area (TPSA) is 22.3 Å². The van der Waals surface area contributed by atoms with Gasteiger partial charge in [0.05, 0.1) is 0 Å². The Hall–Kier alpha value is 0.976. The summed E-state index contributed by atoms with van der Waals surface area (Å²) in [7, 11) is 0. The van der Waals surface area contributed by atoms with Crippen molar-refractivity contribution in [2.24, 2.45) is 28.6 Å². The molecule has 4 aliphatic rings. The smallest absolute Gasteiger partial charge is 0.875 e. The summed E-state index contributed by atoms with van der Waals surface area (Å²) in [6.07, 6.45) is 20.1. The molecule has 4 heteroatoms. The largest absolute Gasteiger partial charge is 2.00 e. The Morgan fingerprint density at radius 2 is 1.82 bits per heavy atom. The van der Waals surface area contributed by atoms with E-state index in [2.05, 4.69) is 38.5 Å². The third-order valence-corrected chi connectivity index (χ3v) is 8.30. The average molecular weight is 681 g/mol. The van der Waals surface area contributed by atoms with Crippen LogP contribution in [0.5, 0.6) is 0 Å². The number of fused-ring (bicyclic) bond motifs is 5. The molecule has 0 heterocycles. The van der Waals surface area contributed by atoms with Gasteiger partial charge in [-0.2, -0.15) is 36.1 Å². The molecule has 0 saturated heterocycles. The van der Waals surface area contributed by atoms with E-state index >= 15 is 0 Å². The molecule has 4 rings (SSSR count). The molecule has 1 radical (unpaired) electrons. The van der Waals surface area contributed by atoms with E-state index in [0.29, 0.717) is 11.1 Å². The fourth-order valence-electron chi connectivity index (χ4n) is 6.53. The number of nitrogens with zero attached hydrogens (tertiary/aromatic N) is 1. The zero-order chi connectivity index (χ0) is 17.8. The van der Waals surface area contributed by atoms with Gasteiger partial charge in [0.2, 0.25) is 0 Å². The Balaban J connectivity index is 0.00000131. The minimum absolute atomic E-state index is 0. The van der Waals surface area contributed by atoms with Crippen molar-refractivity contribution in [3.05, 3.63) is 46.8 Å². The zero-order valence-electron chi connectivity index (χ0n) is 17.8. The van der Waals surface area contributed by atoms with Crippen molar-refractivity contribution in [2.45, 2.75) is 72.6 Å². The van der Waals surface area contributed by atoms with Gasteiger partial charge in [0, 0.05) is 32.7 Å². The summed E-state index contributed by atoms with van der Waals surface area (Å²) in [5.41, 5.74) is 5.10. The number of hydrogen-bond acceptors (Lipinski definition) is 0. The Morgan fingerprint density at radius 3 is 2.50 bits per heavy atom. The summed E-state index contributed by atoms with van der Waals surface area (Å²) in [5.74, 6) is 2.44. The molecule has 28 heavy (non-hydrogen) atoms. The maximum absolute atomic E-state index is 9.79. The van der Waals surface area contributed by atoms with Gasteiger partial charge in [0.25, 0.3) is 0 Å². The van der Waals surface area contributed by atoms with Crippen LogP contribution >= 0.6 is 0 Å². The van der Waals surface area contributed by atoms with Crippen molar-refractivity contribution in [3.63, 3.8) is 0 Å². The van der Waals surface area contributed by atoms with Crippen LogP contribution in [0, 0.1) is 72.2 Å². The molecular formula is C24H33FNUY-. The molecule has 0 amide bonds. The van der Waals surface area contributed by atoms with E-state index in [9.17, 15) is 5.41 Å². The van der Waals surface area contributed by atoms with E-state index in [4.69, 9.17) is 0 Å². The molecule has 0 aromatic rings. The van der Waals surface area contributed by atoms with Crippen molar-refractivity contribution < 1.29 is 68.5 Å². The molecule has 3 unspecified atom stereocenters. The first kappa shape index (κ1) is 27.0. The normalized spacial score (nSPS) is 38.9. The van der Waals surface area contributed by atoms with Gasteiger partial charge in [0.15, 0.2) is 0 Å². The summed E-state index contributed by atoms with van der Waals surface area (Å²) in [5, 5.41) is 9.79. The van der Waals surface area contributed by atoms with Gasteiger partial charge in [-0.25, -0.2) is 0 Å². The maximum Gasteiger partial charge on any atom is 2.00 e. The first-order chi connectivity index (χ1) is 11.9. The maximum atomic E-state index is 9.79. The number of rotatable bonds is 2. The summed E-state index contributed by atoms with van der Waals surface area (Å²) < 4.78 is 0. The second kappa shape index (κ2) is 10.1. The minimum Gasteiger partial charge on any atom is -0.875 e. The third kappa shape index (κ3) is 4.31. The average Bonchev–Trinajstić information content (AvgIpc) is 2.91. The van der Waals surface area contributed by atoms with Crippen molar-refractivity contribution >= 4 is 5.71 Å². The fraction of sp³-hybridized carbons (Fsp3) is 0.667. The van der Waals surface area contributed by atoms with Crippen LogP contribution in [0.2, 0.25) is 0 Å². The van der Waals surface area contributed by atoms with Gasteiger partial charge in [0.1, 0.15) is 0 Å². The predicted molar refractivity (Wildman–Crippen MR) is 108 cm³/mol. The molecular weight excluding hydrogens is 648 g/mol. The van der Waals surface area contributed by atoms with Crippen LogP contribution in [0.15, 0.2) is 28.9 Å². The van der Waals surface area contributed by atoms with Gasteiger partial charge < -0.3 is 11.8 Å².